The van der Waals surface area contributed by atoms with Gasteiger partial charge in [-0.15, -0.1) is 0 Å². The van der Waals surface area contributed by atoms with E-state index in [4.69, 9.17) is 10.5 Å². The van der Waals surface area contributed by atoms with Gasteiger partial charge in [0, 0.05) is 10.9 Å². The molecule has 0 fully saturated rings. The zero-order valence-corrected chi connectivity index (χ0v) is 10.9. The highest BCUT2D eigenvalue weighted by atomic mass is 16.5. The summed E-state index contributed by atoms with van der Waals surface area (Å²) >= 11 is 0. The molecule has 100 valence electrons. The summed E-state index contributed by atoms with van der Waals surface area (Å²) in [5, 5.41) is 8.05. The van der Waals surface area contributed by atoms with E-state index in [1.165, 1.54) is 0 Å². The minimum atomic E-state index is -0.203. The van der Waals surface area contributed by atoms with E-state index in [1.807, 2.05) is 24.3 Å². The number of nitrogens with one attached hydrogen (secondary N) is 1. The summed E-state index contributed by atoms with van der Waals surface area (Å²) in [4.78, 5) is 11.8. The van der Waals surface area contributed by atoms with E-state index in [-0.39, 0.29) is 5.56 Å². The Morgan fingerprint density at radius 1 is 1.15 bits per heavy atom. The van der Waals surface area contributed by atoms with Crippen molar-refractivity contribution >= 4 is 16.5 Å². The first-order valence-electron chi connectivity index (χ1n) is 6.12. The molecule has 3 rings (SSSR count). The first-order chi connectivity index (χ1) is 9.70. The summed E-state index contributed by atoms with van der Waals surface area (Å²) in [6.45, 7) is 0. The third kappa shape index (κ3) is 1.89. The highest BCUT2D eigenvalue weighted by Crippen LogP contribution is 2.30. The fourth-order valence-corrected chi connectivity index (χ4v) is 2.22. The van der Waals surface area contributed by atoms with Crippen molar-refractivity contribution in [2.24, 2.45) is 0 Å². The average Bonchev–Trinajstić information content (AvgIpc) is 2.48. The number of hydrogen-bond donors (Lipinski definition) is 2. The molecule has 1 aromatic heterocycles. The summed E-state index contributed by atoms with van der Waals surface area (Å²) in [5.74, 6) is 0.613. The van der Waals surface area contributed by atoms with Gasteiger partial charge in [0.25, 0.3) is 5.56 Å². The molecule has 0 radical (unpaired) electrons. The predicted molar refractivity (Wildman–Crippen MR) is 78.8 cm³/mol. The van der Waals surface area contributed by atoms with Gasteiger partial charge in [0.1, 0.15) is 5.75 Å². The Labute approximate surface area is 115 Å². The number of anilines is 1. The molecule has 0 spiro atoms. The smallest absolute Gasteiger partial charge is 0.272 e. The molecule has 0 bridgehead atoms. The Morgan fingerprint density at radius 2 is 1.90 bits per heavy atom. The van der Waals surface area contributed by atoms with Crippen LogP contribution in [0, 0.1) is 0 Å². The molecule has 0 atom stereocenters. The summed E-state index contributed by atoms with van der Waals surface area (Å²) in [6, 6.07) is 12.8. The number of ether oxygens (including phenoxy) is 1. The molecule has 2 aromatic carbocycles. The van der Waals surface area contributed by atoms with Gasteiger partial charge in [-0.05, 0) is 24.3 Å². The van der Waals surface area contributed by atoms with Gasteiger partial charge in [-0.3, -0.25) is 4.79 Å². The minimum absolute atomic E-state index is 0.203. The lowest BCUT2D eigenvalue weighted by Gasteiger charge is -2.08. The molecular formula is C15H13N3O2. The van der Waals surface area contributed by atoms with E-state index >= 15 is 0 Å². The molecule has 1 heterocycles. The minimum Gasteiger partial charge on any atom is -0.495 e. The monoisotopic (exact) mass is 267 g/mol. The number of aromatic amines is 1. The number of nitrogen functional groups attached to an aromatic ring is 1. The van der Waals surface area contributed by atoms with Crippen molar-refractivity contribution in [1.29, 1.82) is 0 Å². The van der Waals surface area contributed by atoms with Crippen LogP contribution in [0.25, 0.3) is 22.0 Å². The molecule has 0 aliphatic heterocycles. The number of methoxy groups -OCH3 is 1. The lowest BCUT2D eigenvalue weighted by Crippen LogP contribution is -2.09. The summed E-state index contributed by atoms with van der Waals surface area (Å²) in [5.41, 5.74) is 7.76. The van der Waals surface area contributed by atoms with Crippen LogP contribution in [0.4, 0.5) is 5.69 Å². The van der Waals surface area contributed by atoms with Gasteiger partial charge in [0.2, 0.25) is 0 Å². The van der Waals surface area contributed by atoms with Gasteiger partial charge >= 0.3 is 0 Å². The second-order valence-electron chi connectivity index (χ2n) is 4.40. The molecule has 0 saturated carbocycles. The van der Waals surface area contributed by atoms with Crippen LogP contribution in [0.5, 0.6) is 5.75 Å². The number of nitrogens with zero attached hydrogens (tertiary/aromatic N) is 1. The third-order valence-electron chi connectivity index (χ3n) is 3.20. The molecule has 0 unspecified atom stereocenters. The Balaban J connectivity index is 2.27. The molecule has 0 aliphatic rings. The van der Waals surface area contributed by atoms with Crippen molar-refractivity contribution < 1.29 is 4.74 Å². The van der Waals surface area contributed by atoms with Crippen molar-refractivity contribution in [3.8, 4) is 17.0 Å². The van der Waals surface area contributed by atoms with E-state index in [1.54, 1.807) is 25.3 Å². The van der Waals surface area contributed by atoms with Crippen LogP contribution < -0.4 is 16.0 Å². The quantitative estimate of drug-likeness (QED) is 0.697. The fourth-order valence-electron chi connectivity index (χ4n) is 2.22. The summed E-state index contributed by atoms with van der Waals surface area (Å²) < 4.78 is 5.14. The third-order valence-corrected chi connectivity index (χ3v) is 3.20. The van der Waals surface area contributed by atoms with Crippen LogP contribution in [-0.4, -0.2) is 17.3 Å². The van der Waals surface area contributed by atoms with E-state index in [9.17, 15) is 4.79 Å². The lowest BCUT2D eigenvalue weighted by atomic mass is 10.0. The maximum absolute atomic E-state index is 11.8. The molecule has 3 aromatic rings. The highest BCUT2D eigenvalue weighted by Gasteiger charge is 2.09. The van der Waals surface area contributed by atoms with Crippen LogP contribution >= 0.6 is 0 Å². The van der Waals surface area contributed by atoms with Crippen molar-refractivity contribution in [2.45, 2.75) is 0 Å². The zero-order chi connectivity index (χ0) is 14.1. The lowest BCUT2D eigenvalue weighted by molar-refractivity contribution is 0.417. The second kappa shape index (κ2) is 4.70. The number of hydrogen-bond acceptors (Lipinski definition) is 4. The van der Waals surface area contributed by atoms with Crippen LogP contribution in [0.3, 0.4) is 0 Å². The molecule has 0 saturated heterocycles. The highest BCUT2D eigenvalue weighted by molar-refractivity contribution is 5.94. The SMILES string of the molecule is COc1ccc(-c2n[nH]c(=O)c3ccccc23)cc1N. The maximum atomic E-state index is 11.8. The van der Waals surface area contributed by atoms with E-state index in [0.29, 0.717) is 22.5 Å². The molecule has 5 nitrogen and oxygen atoms in total. The predicted octanol–water partition coefficient (Wildman–Crippen LogP) is 2.18. The maximum Gasteiger partial charge on any atom is 0.272 e. The number of H-pyrrole nitrogens is 1. The van der Waals surface area contributed by atoms with Gasteiger partial charge in [0.05, 0.1) is 23.9 Å². The van der Waals surface area contributed by atoms with Crippen LogP contribution in [0.2, 0.25) is 0 Å². The number of benzene rings is 2. The zero-order valence-electron chi connectivity index (χ0n) is 10.9. The van der Waals surface area contributed by atoms with E-state index < -0.39 is 0 Å². The first kappa shape index (κ1) is 12.2. The number of nitrogens with two attached hydrogens (primary N) is 1. The number of aromatic nitrogens is 2. The first-order valence-corrected chi connectivity index (χ1v) is 6.12. The second-order valence-corrected chi connectivity index (χ2v) is 4.40. The molecule has 0 aliphatic carbocycles. The summed E-state index contributed by atoms with van der Waals surface area (Å²) in [7, 11) is 1.57. The molecule has 5 heteroatoms. The Morgan fingerprint density at radius 3 is 2.60 bits per heavy atom. The van der Waals surface area contributed by atoms with Crippen LogP contribution in [0.1, 0.15) is 0 Å². The van der Waals surface area contributed by atoms with Gasteiger partial charge in [-0.1, -0.05) is 18.2 Å². The Bertz CT molecular complexity index is 840. The Hall–Kier alpha value is -2.82. The van der Waals surface area contributed by atoms with E-state index in [0.717, 1.165) is 10.9 Å². The van der Waals surface area contributed by atoms with Crippen LogP contribution in [0.15, 0.2) is 47.3 Å². The normalized spacial score (nSPS) is 10.7. The van der Waals surface area contributed by atoms with Crippen molar-refractivity contribution in [2.75, 3.05) is 12.8 Å². The fraction of sp³-hybridized carbons (Fsp3) is 0.0667. The molecule has 0 amide bonds. The van der Waals surface area contributed by atoms with Crippen LogP contribution in [-0.2, 0) is 0 Å². The van der Waals surface area contributed by atoms with Crippen molar-refractivity contribution in [1.82, 2.24) is 10.2 Å². The largest absolute Gasteiger partial charge is 0.495 e. The van der Waals surface area contributed by atoms with Gasteiger partial charge in [-0.2, -0.15) is 5.10 Å². The topological polar surface area (TPSA) is 81.0 Å². The van der Waals surface area contributed by atoms with Crippen molar-refractivity contribution in [3.05, 3.63) is 52.8 Å². The molecular weight excluding hydrogens is 254 g/mol. The standard InChI is InChI=1S/C15H13N3O2/c1-20-13-7-6-9(8-12(13)16)14-10-4-2-3-5-11(10)15(19)18-17-14/h2-8H,16H2,1H3,(H,18,19). The van der Waals surface area contributed by atoms with Gasteiger partial charge in [0.15, 0.2) is 0 Å². The van der Waals surface area contributed by atoms with E-state index in [2.05, 4.69) is 10.2 Å². The number of fused-ring (bicyclic) bond motifs is 1. The van der Waals surface area contributed by atoms with Gasteiger partial charge in [-0.25, -0.2) is 5.10 Å². The summed E-state index contributed by atoms with van der Waals surface area (Å²) in [6.07, 6.45) is 0. The molecule has 3 N–H and O–H groups in total. The number of rotatable bonds is 2. The van der Waals surface area contributed by atoms with Crippen molar-refractivity contribution in [3.63, 3.8) is 0 Å². The Kier molecular flexibility index (Phi) is 2.87. The average molecular weight is 267 g/mol. The van der Waals surface area contributed by atoms with Gasteiger partial charge < -0.3 is 10.5 Å². The molecule has 20 heavy (non-hydrogen) atoms.